The standard InChI is InChI=1S/C18H29NO2/c1-18(2,3)15-9-7-14(8-10-15)17(19-4)13-20-12-16-6-5-11-21-16/h7-10,16-17,19H,5-6,11-13H2,1-4H3. The van der Waals surface area contributed by atoms with E-state index in [4.69, 9.17) is 9.47 Å². The molecule has 1 heterocycles. The Morgan fingerprint density at radius 2 is 2.00 bits per heavy atom. The number of rotatable bonds is 6. The summed E-state index contributed by atoms with van der Waals surface area (Å²) in [6.07, 6.45) is 2.59. The summed E-state index contributed by atoms with van der Waals surface area (Å²) in [5.74, 6) is 0. The largest absolute Gasteiger partial charge is 0.377 e. The van der Waals surface area contributed by atoms with Crippen LogP contribution in [0.25, 0.3) is 0 Å². The van der Waals surface area contributed by atoms with Gasteiger partial charge in [-0.15, -0.1) is 0 Å². The lowest BCUT2D eigenvalue weighted by Gasteiger charge is -2.22. The van der Waals surface area contributed by atoms with Gasteiger partial charge >= 0.3 is 0 Å². The summed E-state index contributed by atoms with van der Waals surface area (Å²) >= 11 is 0. The number of ether oxygens (including phenoxy) is 2. The molecule has 0 aromatic heterocycles. The van der Waals surface area contributed by atoms with Crippen molar-refractivity contribution < 1.29 is 9.47 Å². The summed E-state index contributed by atoms with van der Waals surface area (Å²) in [5.41, 5.74) is 2.84. The Morgan fingerprint density at radius 3 is 2.52 bits per heavy atom. The Morgan fingerprint density at radius 1 is 1.29 bits per heavy atom. The van der Waals surface area contributed by atoms with Crippen LogP contribution < -0.4 is 5.32 Å². The summed E-state index contributed by atoms with van der Waals surface area (Å²) < 4.78 is 11.4. The van der Waals surface area contributed by atoms with Crippen LogP contribution in [0.1, 0.15) is 50.8 Å². The highest BCUT2D eigenvalue weighted by Crippen LogP contribution is 2.24. The summed E-state index contributed by atoms with van der Waals surface area (Å²) in [5, 5.41) is 3.34. The maximum Gasteiger partial charge on any atom is 0.0809 e. The number of hydrogen-bond donors (Lipinski definition) is 1. The topological polar surface area (TPSA) is 30.5 Å². The molecule has 1 fully saturated rings. The van der Waals surface area contributed by atoms with Crippen LogP contribution in [0, 0.1) is 0 Å². The van der Waals surface area contributed by atoms with Gasteiger partial charge in [0.2, 0.25) is 0 Å². The fourth-order valence-electron chi connectivity index (χ4n) is 2.65. The number of hydrogen-bond acceptors (Lipinski definition) is 3. The van der Waals surface area contributed by atoms with Gasteiger partial charge in [0, 0.05) is 6.61 Å². The summed E-state index contributed by atoms with van der Waals surface area (Å²) in [7, 11) is 1.98. The third-order valence-electron chi connectivity index (χ3n) is 4.14. The zero-order chi connectivity index (χ0) is 15.3. The van der Waals surface area contributed by atoms with Crippen LogP contribution in [0.5, 0.6) is 0 Å². The molecule has 0 spiro atoms. The average Bonchev–Trinajstić information content (AvgIpc) is 2.96. The summed E-state index contributed by atoms with van der Waals surface area (Å²) in [6.45, 7) is 8.99. The van der Waals surface area contributed by atoms with Crippen molar-refractivity contribution in [1.29, 1.82) is 0 Å². The molecule has 2 unspecified atom stereocenters. The van der Waals surface area contributed by atoms with E-state index in [0.29, 0.717) is 19.3 Å². The van der Waals surface area contributed by atoms with Gasteiger partial charge in [0.1, 0.15) is 0 Å². The van der Waals surface area contributed by atoms with Crippen LogP contribution in [0.4, 0.5) is 0 Å². The normalized spacial score (nSPS) is 20.7. The minimum Gasteiger partial charge on any atom is -0.377 e. The monoisotopic (exact) mass is 291 g/mol. The zero-order valence-electron chi connectivity index (χ0n) is 13.8. The van der Waals surface area contributed by atoms with Gasteiger partial charge in [0.05, 0.1) is 25.4 Å². The van der Waals surface area contributed by atoms with Crippen LogP contribution in [-0.4, -0.2) is 33.0 Å². The first kappa shape index (κ1) is 16.5. The van der Waals surface area contributed by atoms with E-state index < -0.39 is 0 Å². The van der Waals surface area contributed by atoms with Crippen molar-refractivity contribution in [2.45, 2.75) is 51.2 Å². The summed E-state index contributed by atoms with van der Waals surface area (Å²) in [6, 6.07) is 9.09. The smallest absolute Gasteiger partial charge is 0.0809 e. The molecule has 1 N–H and O–H groups in total. The van der Waals surface area contributed by atoms with Gasteiger partial charge in [-0.3, -0.25) is 0 Å². The number of likely N-dealkylation sites (N-methyl/N-ethyl adjacent to an activating group) is 1. The second-order valence-corrected chi connectivity index (χ2v) is 6.89. The van der Waals surface area contributed by atoms with Gasteiger partial charge in [-0.2, -0.15) is 0 Å². The lowest BCUT2D eigenvalue weighted by atomic mass is 9.86. The first-order valence-electron chi connectivity index (χ1n) is 7.98. The molecule has 2 rings (SSSR count). The maximum atomic E-state index is 5.84. The van der Waals surface area contributed by atoms with E-state index >= 15 is 0 Å². The van der Waals surface area contributed by atoms with E-state index in [1.165, 1.54) is 11.1 Å². The van der Waals surface area contributed by atoms with E-state index in [1.54, 1.807) is 0 Å². The van der Waals surface area contributed by atoms with Gasteiger partial charge in [0.15, 0.2) is 0 Å². The molecular weight excluding hydrogens is 262 g/mol. The Kier molecular flexibility index (Phi) is 5.80. The second-order valence-electron chi connectivity index (χ2n) is 6.89. The number of benzene rings is 1. The van der Waals surface area contributed by atoms with Crippen molar-refractivity contribution in [3.05, 3.63) is 35.4 Å². The molecule has 3 nitrogen and oxygen atoms in total. The van der Waals surface area contributed by atoms with Crippen molar-refractivity contribution in [2.24, 2.45) is 0 Å². The Bertz CT molecular complexity index is 416. The van der Waals surface area contributed by atoms with Crippen LogP contribution >= 0.6 is 0 Å². The average molecular weight is 291 g/mol. The molecule has 118 valence electrons. The SMILES string of the molecule is CNC(COCC1CCCO1)c1ccc(C(C)(C)C)cc1. The fraction of sp³-hybridized carbons (Fsp3) is 0.667. The zero-order valence-corrected chi connectivity index (χ0v) is 13.8. The molecule has 0 saturated carbocycles. The van der Waals surface area contributed by atoms with E-state index in [1.807, 2.05) is 7.05 Å². The fourth-order valence-corrected chi connectivity index (χ4v) is 2.65. The van der Waals surface area contributed by atoms with E-state index in [9.17, 15) is 0 Å². The second kappa shape index (κ2) is 7.39. The Balaban J connectivity index is 1.87. The minimum absolute atomic E-state index is 0.198. The lowest BCUT2D eigenvalue weighted by molar-refractivity contribution is 0.0105. The molecule has 1 saturated heterocycles. The first-order chi connectivity index (χ1) is 10.0. The molecule has 1 aliphatic rings. The van der Waals surface area contributed by atoms with Crippen molar-refractivity contribution in [3.63, 3.8) is 0 Å². The molecule has 0 aliphatic carbocycles. The summed E-state index contributed by atoms with van der Waals surface area (Å²) in [4.78, 5) is 0. The predicted octanol–water partition coefficient (Wildman–Crippen LogP) is 3.44. The third kappa shape index (κ3) is 4.80. The van der Waals surface area contributed by atoms with E-state index in [2.05, 4.69) is 50.4 Å². The van der Waals surface area contributed by atoms with Gasteiger partial charge < -0.3 is 14.8 Å². The van der Waals surface area contributed by atoms with Crippen molar-refractivity contribution in [3.8, 4) is 0 Å². The first-order valence-corrected chi connectivity index (χ1v) is 7.98. The molecule has 0 amide bonds. The van der Waals surface area contributed by atoms with E-state index in [0.717, 1.165) is 19.4 Å². The maximum absolute atomic E-state index is 5.84. The highest BCUT2D eigenvalue weighted by atomic mass is 16.5. The lowest BCUT2D eigenvalue weighted by Crippen LogP contribution is -2.24. The van der Waals surface area contributed by atoms with Gasteiger partial charge in [0.25, 0.3) is 0 Å². The Hall–Kier alpha value is -0.900. The van der Waals surface area contributed by atoms with Crippen LogP contribution in [0.15, 0.2) is 24.3 Å². The minimum atomic E-state index is 0.198. The molecule has 1 aromatic rings. The highest BCUT2D eigenvalue weighted by Gasteiger charge is 2.18. The quantitative estimate of drug-likeness (QED) is 0.871. The highest BCUT2D eigenvalue weighted by molar-refractivity contribution is 5.29. The molecule has 1 aromatic carbocycles. The molecule has 21 heavy (non-hydrogen) atoms. The predicted molar refractivity (Wildman–Crippen MR) is 86.7 cm³/mol. The molecule has 3 heteroatoms. The molecular formula is C18H29NO2. The molecule has 0 bridgehead atoms. The molecule has 0 radical (unpaired) electrons. The molecule has 2 atom stereocenters. The van der Waals surface area contributed by atoms with Gasteiger partial charge in [-0.05, 0) is 36.4 Å². The van der Waals surface area contributed by atoms with Crippen LogP contribution in [0.3, 0.4) is 0 Å². The number of nitrogens with one attached hydrogen (secondary N) is 1. The van der Waals surface area contributed by atoms with E-state index in [-0.39, 0.29) is 11.5 Å². The van der Waals surface area contributed by atoms with Crippen LogP contribution in [-0.2, 0) is 14.9 Å². The third-order valence-corrected chi connectivity index (χ3v) is 4.14. The molecule has 1 aliphatic heterocycles. The van der Waals surface area contributed by atoms with Crippen molar-refractivity contribution >= 4 is 0 Å². The van der Waals surface area contributed by atoms with Gasteiger partial charge in [-0.1, -0.05) is 45.0 Å². The van der Waals surface area contributed by atoms with Crippen molar-refractivity contribution in [1.82, 2.24) is 5.32 Å². The van der Waals surface area contributed by atoms with Gasteiger partial charge in [-0.25, -0.2) is 0 Å². The van der Waals surface area contributed by atoms with Crippen LogP contribution in [0.2, 0.25) is 0 Å². The van der Waals surface area contributed by atoms with Crippen molar-refractivity contribution in [2.75, 3.05) is 26.9 Å². The Labute approximate surface area is 129 Å².